The molecule has 0 radical (unpaired) electrons. The van der Waals surface area contributed by atoms with Gasteiger partial charge in [-0.1, -0.05) is 0 Å². The van der Waals surface area contributed by atoms with Crippen molar-refractivity contribution in [2.24, 2.45) is 17.8 Å². The maximum absolute atomic E-state index is 12.9. The molecule has 4 heteroatoms. The Bertz CT molecular complexity index is 580. The average molecular weight is 300 g/mol. The lowest BCUT2D eigenvalue weighted by atomic mass is 9.92. The van der Waals surface area contributed by atoms with Gasteiger partial charge in [0.25, 0.3) is 0 Å². The summed E-state index contributed by atoms with van der Waals surface area (Å²) in [6, 6.07) is 6.07. The number of methoxy groups -OCH3 is 1. The third-order valence-corrected chi connectivity index (χ3v) is 5.59. The van der Waals surface area contributed by atoms with Crippen LogP contribution in [0, 0.1) is 17.8 Å². The van der Waals surface area contributed by atoms with Crippen LogP contribution in [0.15, 0.2) is 18.2 Å². The van der Waals surface area contributed by atoms with E-state index in [1.165, 1.54) is 18.4 Å². The highest BCUT2D eigenvalue weighted by molar-refractivity contribution is 5.98. The fourth-order valence-electron chi connectivity index (χ4n) is 4.23. The first-order valence-electron chi connectivity index (χ1n) is 8.47. The summed E-state index contributed by atoms with van der Waals surface area (Å²) in [6.45, 7) is 3.07. The molecule has 2 aliphatic heterocycles. The van der Waals surface area contributed by atoms with Crippen LogP contribution >= 0.6 is 0 Å². The summed E-state index contributed by atoms with van der Waals surface area (Å²) in [4.78, 5) is 14.9. The molecule has 1 saturated carbocycles. The van der Waals surface area contributed by atoms with E-state index in [0.717, 1.165) is 49.8 Å². The molecule has 2 heterocycles. The molecule has 3 aliphatic rings. The lowest BCUT2D eigenvalue weighted by Crippen LogP contribution is -2.33. The second-order valence-corrected chi connectivity index (χ2v) is 6.83. The van der Waals surface area contributed by atoms with Crippen LogP contribution in [-0.4, -0.2) is 32.7 Å². The molecule has 1 aromatic carbocycles. The number of nitrogens with one attached hydrogen (secondary N) is 1. The fraction of sp³-hybridized carbons (Fsp3) is 0.611. The smallest absolute Gasteiger partial charge is 0.230 e. The molecule has 2 atom stereocenters. The Kier molecular flexibility index (Phi) is 3.57. The number of amides is 1. The SMILES string of the molecule is COc1ccc2c(c1)CCN2C(=O)[C@@H]1C[C@H]1C1CCNCC1. The van der Waals surface area contributed by atoms with E-state index >= 15 is 0 Å². The van der Waals surface area contributed by atoms with E-state index in [4.69, 9.17) is 4.74 Å². The van der Waals surface area contributed by atoms with E-state index < -0.39 is 0 Å². The molecule has 2 fully saturated rings. The van der Waals surface area contributed by atoms with Crippen molar-refractivity contribution in [3.05, 3.63) is 23.8 Å². The van der Waals surface area contributed by atoms with Gasteiger partial charge in [0.05, 0.1) is 7.11 Å². The van der Waals surface area contributed by atoms with Gasteiger partial charge < -0.3 is 15.0 Å². The molecule has 22 heavy (non-hydrogen) atoms. The van der Waals surface area contributed by atoms with Crippen molar-refractivity contribution < 1.29 is 9.53 Å². The molecule has 0 bridgehead atoms. The Labute approximate surface area is 131 Å². The van der Waals surface area contributed by atoms with E-state index in [0.29, 0.717) is 11.8 Å². The van der Waals surface area contributed by atoms with E-state index in [2.05, 4.69) is 11.4 Å². The van der Waals surface area contributed by atoms with Gasteiger partial charge in [0.1, 0.15) is 5.75 Å². The van der Waals surface area contributed by atoms with Gasteiger partial charge in [-0.3, -0.25) is 4.79 Å². The summed E-state index contributed by atoms with van der Waals surface area (Å²) >= 11 is 0. The summed E-state index contributed by atoms with van der Waals surface area (Å²) in [7, 11) is 1.69. The number of rotatable bonds is 3. The van der Waals surface area contributed by atoms with Gasteiger partial charge in [-0.15, -0.1) is 0 Å². The van der Waals surface area contributed by atoms with Crippen molar-refractivity contribution >= 4 is 11.6 Å². The summed E-state index contributed by atoms with van der Waals surface area (Å²) in [6.07, 6.45) is 4.53. The van der Waals surface area contributed by atoms with Crippen molar-refractivity contribution in [1.82, 2.24) is 5.32 Å². The molecule has 1 aromatic rings. The molecule has 4 nitrogen and oxygen atoms in total. The second-order valence-electron chi connectivity index (χ2n) is 6.83. The van der Waals surface area contributed by atoms with Gasteiger partial charge in [0.15, 0.2) is 0 Å². The van der Waals surface area contributed by atoms with Crippen molar-refractivity contribution in [2.45, 2.75) is 25.7 Å². The van der Waals surface area contributed by atoms with Crippen molar-refractivity contribution in [1.29, 1.82) is 0 Å². The monoisotopic (exact) mass is 300 g/mol. The minimum atomic E-state index is 0.274. The maximum atomic E-state index is 12.9. The highest BCUT2D eigenvalue weighted by atomic mass is 16.5. The molecule has 1 amide bonds. The number of ether oxygens (including phenoxy) is 1. The quantitative estimate of drug-likeness (QED) is 0.930. The first kappa shape index (κ1) is 14.1. The molecule has 4 rings (SSSR count). The fourth-order valence-corrected chi connectivity index (χ4v) is 4.23. The van der Waals surface area contributed by atoms with E-state index in [9.17, 15) is 4.79 Å². The van der Waals surface area contributed by atoms with Crippen LogP contribution in [0.2, 0.25) is 0 Å². The van der Waals surface area contributed by atoms with Crippen LogP contribution in [0.3, 0.4) is 0 Å². The van der Waals surface area contributed by atoms with Crippen molar-refractivity contribution in [3.8, 4) is 5.75 Å². The maximum Gasteiger partial charge on any atom is 0.230 e. The number of nitrogens with zero attached hydrogens (tertiary/aromatic N) is 1. The number of benzene rings is 1. The lowest BCUT2D eigenvalue weighted by molar-refractivity contribution is -0.120. The lowest BCUT2D eigenvalue weighted by Gasteiger charge is -2.23. The van der Waals surface area contributed by atoms with Crippen LogP contribution in [0.25, 0.3) is 0 Å². The Morgan fingerprint density at radius 2 is 2.14 bits per heavy atom. The number of piperidine rings is 1. The third kappa shape index (κ3) is 2.39. The van der Waals surface area contributed by atoms with Crippen LogP contribution in [-0.2, 0) is 11.2 Å². The minimum Gasteiger partial charge on any atom is -0.497 e. The average Bonchev–Trinajstić information content (AvgIpc) is 3.27. The predicted octanol–water partition coefficient (Wildman–Crippen LogP) is 2.22. The molecule has 1 N–H and O–H groups in total. The molecule has 118 valence electrons. The first-order chi connectivity index (χ1) is 10.8. The highest BCUT2D eigenvalue weighted by Gasteiger charge is 2.49. The van der Waals surface area contributed by atoms with Gasteiger partial charge in [-0.05, 0) is 74.4 Å². The Morgan fingerprint density at radius 3 is 2.91 bits per heavy atom. The number of carbonyl (C=O) groups excluding carboxylic acids is 1. The highest BCUT2D eigenvalue weighted by Crippen LogP contribution is 2.49. The minimum absolute atomic E-state index is 0.274. The topological polar surface area (TPSA) is 41.6 Å². The number of hydrogen-bond donors (Lipinski definition) is 1. The number of hydrogen-bond acceptors (Lipinski definition) is 3. The van der Waals surface area contributed by atoms with Crippen LogP contribution in [0.5, 0.6) is 5.75 Å². The summed E-state index contributed by atoms with van der Waals surface area (Å²) < 4.78 is 5.28. The van der Waals surface area contributed by atoms with Crippen molar-refractivity contribution in [3.63, 3.8) is 0 Å². The molecule has 0 unspecified atom stereocenters. The number of fused-ring (bicyclic) bond motifs is 1. The summed E-state index contributed by atoms with van der Waals surface area (Å²) in [5.74, 6) is 2.90. The summed E-state index contributed by atoms with van der Waals surface area (Å²) in [5.41, 5.74) is 2.34. The van der Waals surface area contributed by atoms with Crippen molar-refractivity contribution in [2.75, 3.05) is 31.6 Å². The van der Waals surface area contributed by atoms with E-state index in [1.54, 1.807) is 7.11 Å². The van der Waals surface area contributed by atoms with Gasteiger partial charge in [-0.25, -0.2) is 0 Å². The molecule has 0 spiro atoms. The molecular formula is C18H24N2O2. The Hall–Kier alpha value is -1.55. The Balaban J connectivity index is 1.45. The van der Waals surface area contributed by atoms with Crippen LogP contribution in [0.1, 0.15) is 24.8 Å². The van der Waals surface area contributed by atoms with Crippen LogP contribution in [0.4, 0.5) is 5.69 Å². The zero-order valence-corrected chi connectivity index (χ0v) is 13.2. The van der Waals surface area contributed by atoms with E-state index in [-0.39, 0.29) is 5.92 Å². The first-order valence-corrected chi connectivity index (χ1v) is 8.47. The van der Waals surface area contributed by atoms with Gasteiger partial charge in [0.2, 0.25) is 5.91 Å². The van der Waals surface area contributed by atoms with Crippen LogP contribution < -0.4 is 15.0 Å². The zero-order chi connectivity index (χ0) is 15.1. The van der Waals surface area contributed by atoms with E-state index in [1.807, 2.05) is 17.0 Å². The third-order valence-electron chi connectivity index (χ3n) is 5.59. The largest absolute Gasteiger partial charge is 0.497 e. The number of carbonyl (C=O) groups is 1. The summed E-state index contributed by atoms with van der Waals surface area (Å²) in [5, 5.41) is 3.41. The normalized spacial score (nSPS) is 27.6. The zero-order valence-electron chi connectivity index (χ0n) is 13.2. The molecule has 0 aromatic heterocycles. The number of anilines is 1. The van der Waals surface area contributed by atoms with Gasteiger partial charge in [-0.2, -0.15) is 0 Å². The Morgan fingerprint density at radius 1 is 1.32 bits per heavy atom. The molecular weight excluding hydrogens is 276 g/mol. The second kappa shape index (κ2) is 5.58. The predicted molar refractivity (Wildman–Crippen MR) is 86.2 cm³/mol. The molecule has 1 saturated heterocycles. The standard InChI is InChI=1S/C18H24N2O2/c1-22-14-2-3-17-13(10-14)6-9-20(17)18(21)16-11-15(16)12-4-7-19-8-5-12/h2-3,10,12,15-16,19H,4-9,11H2,1H3/t15-,16+/m0/s1. The molecule has 1 aliphatic carbocycles. The van der Waals surface area contributed by atoms with Gasteiger partial charge >= 0.3 is 0 Å². The van der Waals surface area contributed by atoms with Gasteiger partial charge in [0, 0.05) is 18.2 Å².